The van der Waals surface area contributed by atoms with E-state index in [1.807, 2.05) is 30.0 Å². The van der Waals surface area contributed by atoms with Crippen LogP contribution in [0.1, 0.15) is 29.3 Å². The van der Waals surface area contributed by atoms with Gasteiger partial charge in [-0.05, 0) is 37.6 Å². The van der Waals surface area contributed by atoms with Crippen molar-refractivity contribution in [1.29, 1.82) is 0 Å². The quantitative estimate of drug-likeness (QED) is 0.676. The Morgan fingerprint density at radius 1 is 1.06 bits per heavy atom. The van der Waals surface area contributed by atoms with Crippen molar-refractivity contribution in [2.24, 2.45) is 0 Å². The van der Waals surface area contributed by atoms with Crippen molar-refractivity contribution >= 4 is 35.0 Å². The largest absolute Gasteiger partial charge is 0.488 e. The van der Waals surface area contributed by atoms with Gasteiger partial charge in [-0.1, -0.05) is 41.4 Å². The van der Waals surface area contributed by atoms with Gasteiger partial charge in [0.2, 0.25) is 5.91 Å². The van der Waals surface area contributed by atoms with Crippen LogP contribution in [0.15, 0.2) is 42.5 Å². The number of rotatable bonds is 7. The van der Waals surface area contributed by atoms with Crippen LogP contribution in [0.3, 0.4) is 0 Å². The summed E-state index contributed by atoms with van der Waals surface area (Å²) < 4.78 is 5.95. The summed E-state index contributed by atoms with van der Waals surface area (Å²) in [5, 5.41) is 3.91. The molecule has 1 fully saturated rings. The zero-order chi connectivity index (χ0) is 22.2. The molecule has 0 aromatic heterocycles. The number of halogens is 2. The summed E-state index contributed by atoms with van der Waals surface area (Å²) in [6.07, 6.45) is 0.814. The first kappa shape index (κ1) is 23.4. The highest BCUT2D eigenvalue weighted by Gasteiger charge is 2.23. The fourth-order valence-electron chi connectivity index (χ4n) is 3.52. The fraction of sp³-hybridized carbons (Fsp3) is 0.391. The van der Waals surface area contributed by atoms with Gasteiger partial charge in [0.25, 0.3) is 5.91 Å². The van der Waals surface area contributed by atoms with Crippen molar-refractivity contribution in [2.75, 3.05) is 39.3 Å². The number of hydrogen-bond donors (Lipinski definition) is 1. The van der Waals surface area contributed by atoms with Crippen molar-refractivity contribution in [2.45, 2.75) is 20.0 Å². The summed E-state index contributed by atoms with van der Waals surface area (Å²) in [4.78, 5) is 29.0. The maximum atomic E-state index is 13.2. The van der Waals surface area contributed by atoms with E-state index in [1.165, 1.54) is 0 Å². The van der Waals surface area contributed by atoms with Gasteiger partial charge in [-0.3, -0.25) is 14.5 Å². The number of amides is 2. The number of carbonyl (C=O) groups excluding carboxylic acids is 2. The molecular formula is C23H27Cl2N3O3. The molecular weight excluding hydrogens is 437 g/mol. The van der Waals surface area contributed by atoms with Crippen LogP contribution in [0.4, 0.5) is 0 Å². The highest BCUT2D eigenvalue weighted by Crippen LogP contribution is 2.25. The molecule has 2 aromatic rings. The molecule has 1 heterocycles. The fourth-order valence-corrected chi connectivity index (χ4v) is 3.99. The van der Waals surface area contributed by atoms with Crippen molar-refractivity contribution in [1.82, 2.24) is 15.1 Å². The van der Waals surface area contributed by atoms with Gasteiger partial charge in [0, 0.05) is 48.3 Å². The lowest BCUT2D eigenvalue weighted by Gasteiger charge is -2.23. The number of para-hydroxylation sites is 1. The summed E-state index contributed by atoms with van der Waals surface area (Å²) in [6.45, 7) is 5.77. The molecule has 0 bridgehead atoms. The van der Waals surface area contributed by atoms with Crippen molar-refractivity contribution < 1.29 is 14.3 Å². The Morgan fingerprint density at radius 3 is 2.65 bits per heavy atom. The van der Waals surface area contributed by atoms with Crippen molar-refractivity contribution in [3.8, 4) is 5.75 Å². The molecule has 0 atom stereocenters. The molecule has 2 amide bonds. The first-order chi connectivity index (χ1) is 15.0. The molecule has 1 saturated heterocycles. The maximum Gasteiger partial charge on any atom is 0.257 e. The summed E-state index contributed by atoms with van der Waals surface area (Å²) in [5.74, 6) is 0.460. The smallest absolute Gasteiger partial charge is 0.257 e. The second-order valence-electron chi connectivity index (χ2n) is 7.40. The number of carbonyl (C=O) groups is 2. The first-order valence-electron chi connectivity index (χ1n) is 10.4. The molecule has 3 rings (SSSR count). The number of ether oxygens (including phenoxy) is 1. The van der Waals surface area contributed by atoms with E-state index in [4.69, 9.17) is 27.9 Å². The maximum absolute atomic E-state index is 13.2. The monoisotopic (exact) mass is 463 g/mol. The van der Waals surface area contributed by atoms with E-state index in [-0.39, 0.29) is 18.4 Å². The summed E-state index contributed by atoms with van der Waals surface area (Å²) in [5.41, 5.74) is 1.31. The van der Waals surface area contributed by atoms with Gasteiger partial charge < -0.3 is 15.0 Å². The zero-order valence-corrected chi connectivity index (χ0v) is 19.1. The standard InChI is InChI=1S/C23H27Cl2N3O3/c1-2-26-22(29)15-27-10-5-11-28(13-12-27)23(30)19-6-3-4-7-21(19)31-16-17-8-9-18(24)14-20(17)25/h3-4,6-9,14H,2,5,10-13,15-16H2,1H3,(H,26,29). The minimum Gasteiger partial charge on any atom is -0.488 e. The summed E-state index contributed by atoms with van der Waals surface area (Å²) in [7, 11) is 0. The van der Waals surface area contributed by atoms with Gasteiger partial charge in [0.1, 0.15) is 12.4 Å². The lowest BCUT2D eigenvalue weighted by Crippen LogP contribution is -2.40. The average Bonchev–Trinajstić information content (AvgIpc) is 2.98. The topological polar surface area (TPSA) is 61.9 Å². The van der Waals surface area contributed by atoms with Crippen LogP contribution in [0.5, 0.6) is 5.75 Å². The lowest BCUT2D eigenvalue weighted by molar-refractivity contribution is -0.122. The predicted octanol–water partition coefficient (Wildman–Crippen LogP) is 3.86. The molecule has 0 aliphatic carbocycles. The molecule has 8 heteroatoms. The molecule has 0 unspecified atom stereocenters. The first-order valence-corrected chi connectivity index (χ1v) is 11.2. The summed E-state index contributed by atoms with van der Waals surface area (Å²) >= 11 is 12.2. The Hall–Kier alpha value is -2.28. The Morgan fingerprint density at radius 2 is 1.87 bits per heavy atom. The molecule has 166 valence electrons. The molecule has 1 aliphatic heterocycles. The third kappa shape index (κ3) is 6.60. The number of likely N-dealkylation sites (N-methyl/N-ethyl adjacent to an activating group) is 1. The van der Waals surface area contributed by atoms with Gasteiger partial charge in [0.05, 0.1) is 12.1 Å². The van der Waals surface area contributed by atoms with Gasteiger partial charge in [0.15, 0.2) is 0 Å². The van der Waals surface area contributed by atoms with Crippen LogP contribution in [0.25, 0.3) is 0 Å². The minimum absolute atomic E-state index is 0.0156. The Kier molecular flexibility index (Phi) is 8.58. The third-order valence-electron chi connectivity index (χ3n) is 5.13. The Labute approximate surface area is 193 Å². The molecule has 6 nitrogen and oxygen atoms in total. The van der Waals surface area contributed by atoms with Crippen LogP contribution in [0, 0.1) is 0 Å². The number of benzene rings is 2. The van der Waals surface area contributed by atoms with E-state index in [1.54, 1.807) is 24.3 Å². The zero-order valence-electron chi connectivity index (χ0n) is 17.6. The third-order valence-corrected chi connectivity index (χ3v) is 5.72. The van der Waals surface area contributed by atoms with Crippen LogP contribution < -0.4 is 10.1 Å². The van der Waals surface area contributed by atoms with Crippen LogP contribution in [-0.2, 0) is 11.4 Å². The van der Waals surface area contributed by atoms with Gasteiger partial charge in [-0.2, -0.15) is 0 Å². The number of hydrogen-bond acceptors (Lipinski definition) is 4. The summed E-state index contributed by atoms with van der Waals surface area (Å²) in [6, 6.07) is 12.5. The second kappa shape index (κ2) is 11.4. The highest BCUT2D eigenvalue weighted by atomic mass is 35.5. The Bertz CT molecular complexity index is 923. The van der Waals surface area contributed by atoms with E-state index < -0.39 is 0 Å². The van der Waals surface area contributed by atoms with Gasteiger partial charge in [-0.15, -0.1) is 0 Å². The second-order valence-corrected chi connectivity index (χ2v) is 8.24. The van der Waals surface area contributed by atoms with Crippen LogP contribution >= 0.6 is 23.2 Å². The molecule has 0 radical (unpaired) electrons. The van der Waals surface area contributed by atoms with Gasteiger partial charge in [-0.25, -0.2) is 0 Å². The molecule has 0 saturated carbocycles. The van der Waals surface area contributed by atoms with E-state index in [9.17, 15) is 9.59 Å². The molecule has 1 aliphatic rings. The van der Waals surface area contributed by atoms with Gasteiger partial charge >= 0.3 is 0 Å². The van der Waals surface area contributed by atoms with E-state index >= 15 is 0 Å². The van der Waals surface area contributed by atoms with E-state index in [0.29, 0.717) is 54.1 Å². The minimum atomic E-state index is -0.0716. The molecule has 2 aromatic carbocycles. The highest BCUT2D eigenvalue weighted by molar-refractivity contribution is 6.35. The van der Waals surface area contributed by atoms with E-state index in [0.717, 1.165) is 18.5 Å². The SMILES string of the molecule is CCNC(=O)CN1CCCN(C(=O)c2ccccc2OCc2ccc(Cl)cc2Cl)CC1. The average molecular weight is 464 g/mol. The van der Waals surface area contributed by atoms with Crippen LogP contribution in [0.2, 0.25) is 10.0 Å². The predicted molar refractivity (Wildman–Crippen MR) is 123 cm³/mol. The number of nitrogens with zero attached hydrogens (tertiary/aromatic N) is 2. The lowest BCUT2D eigenvalue weighted by atomic mass is 10.1. The molecule has 1 N–H and O–H groups in total. The Balaban J connectivity index is 1.64. The number of nitrogens with one attached hydrogen (secondary N) is 1. The molecule has 0 spiro atoms. The molecule has 31 heavy (non-hydrogen) atoms. The normalized spacial score (nSPS) is 14.7. The van der Waals surface area contributed by atoms with Crippen molar-refractivity contribution in [3.63, 3.8) is 0 Å². The van der Waals surface area contributed by atoms with Crippen LogP contribution in [-0.4, -0.2) is 60.9 Å². The van der Waals surface area contributed by atoms with Crippen molar-refractivity contribution in [3.05, 3.63) is 63.6 Å². The van der Waals surface area contributed by atoms with E-state index in [2.05, 4.69) is 10.2 Å².